The second kappa shape index (κ2) is 17.1. The van der Waals surface area contributed by atoms with E-state index < -0.39 is 32.0 Å². The Morgan fingerprint density at radius 2 is 1.81 bits per heavy atom. The first-order valence-corrected chi connectivity index (χ1v) is 12.0. The van der Waals surface area contributed by atoms with Crippen LogP contribution in [0.25, 0.3) is 0 Å². The smallest absolute Gasteiger partial charge is 0.320 e. The van der Waals surface area contributed by atoms with Crippen LogP contribution in [0.15, 0.2) is 18.2 Å². The van der Waals surface area contributed by atoms with E-state index in [9.17, 15) is 19.3 Å². The molecule has 0 aliphatic heterocycles. The van der Waals surface area contributed by atoms with Crippen LogP contribution in [0.2, 0.25) is 10.0 Å². The minimum Gasteiger partial charge on any atom is -0.546 e. The average molecular weight is 522 g/mol. The van der Waals surface area contributed by atoms with Gasteiger partial charge in [-0.1, -0.05) is 23.2 Å². The van der Waals surface area contributed by atoms with Gasteiger partial charge in [0.15, 0.2) is 7.37 Å². The number of aliphatic hydroxyl groups is 1. The predicted octanol–water partition coefficient (Wildman–Crippen LogP) is 0.658. The summed E-state index contributed by atoms with van der Waals surface area (Å²) in [5.41, 5.74) is 5.09. The van der Waals surface area contributed by atoms with E-state index >= 15 is 0 Å². The van der Waals surface area contributed by atoms with Crippen molar-refractivity contribution in [2.75, 3.05) is 53.7 Å². The van der Waals surface area contributed by atoms with E-state index in [1.54, 1.807) is 6.07 Å². The van der Waals surface area contributed by atoms with Crippen molar-refractivity contribution in [3.63, 3.8) is 0 Å². The summed E-state index contributed by atoms with van der Waals surface area (Å²) in [6.45, 7) is 1.77. The van der Waals surface area contributed by atoms with E-state index in [-0.39, 0.29) is 36.1 Å². The quantitative estimate of drug-likeness (QED) is 0.226. The molecule has 32 heavy (non-hydrogen) atoms. The molecule has 188 valence electrons. The second-order valence-corrected chi connectivity index (χ2v) is 10.9. The van der Waals surface area contributed by atoms with Crippen molar-refractivity contribution < 1.29 is 43.6 Å². The molecule has 0 heterocycles. The molecule has 1 aromatic rings. The van der Waals surface area contributed by atoms with Gasteiger partial charge in [-0.15, -0.1) is 0 Å². The van der Waals surface area contributed by atoms with Gasteiger partial charge in [0, 0.05) is 17.8 Å². The highest BCUT2D eigenvalue weighted by atomic mass is 35.5. The highest BCUT2D eigenvalue weighted by Crippen LogP contribution is 2.35. The van der Waals surface area contributed by atoms with Gasteiger partial charge in [-0.25, -0.2) is 0 Å². The second-order valence-electron chi connectivity index (χ2n) is 7.48. The van der Waals surface area contributed by atoms with Crippen molar-refractivity contribution in [3.05, 3.63) is 28.2 Å². The summed E-state index contributed by atoms with van der Waals surface area (Å²) < 4.78 is 16.3. The molecule has 0 bridgehead atoms. The molecule has 14 heteroatoms. The maximum atomic E-state index is 10.6. The molecule has 8 N–H and O–H groups in total. The Bertz CT molecular complexity index is 741. The summed E-state index contributed by atoms with van der Waals surface area (Å²) in [6, 6.07) is 3.48. The van der Waals surface area contributed by atoms with E-state index in [1.165, 1.54) is 18.8 Å². The number of quaternary nitrogens is 1. The third-order valence-electron chi connectivity index (χ3n) is 3.18. The number of aliphatic hydroxyl groups excluding tert-OH is 1. The number of likely N-dealkylation sites (N-methyl/N-ethyl adjacent to an activating group) is 1. The summed E-state index contributed by atoms with van der Waals surface area (Å²) in [5, 5.41) is 27.5. The van der Waals surface area contributed by atoms with Crippen LogP contribution in [0.1, 0.15) is 6.42 Å². The lowest BCUT2D eigenvalue weighted by molar-refractivity contribution is -0.870. The van der Waals surface area contributed by atoms with Crippen molar-refractivity contribution in [1.29, 1.82) is 0 Å². The van der Waals surface area contributed by atoms with Gasteiger partial charge < -0.3 is 46.1 Å². The number of carboxylic acid groups (broad SMARTS) is 2. The number of aliphatic carboxylic acids is 2. The summed E-state index contributed by atoms with van der Waals surface area (Å²) in [7, 11) is 3.05. The fraction of sp³-hybridized carbons (Fsp3) is 0.556. The lowest BCUT2D eigenvalue weighted by atomic mass is 10.2. The van der Waals surface area contributed by atoms with E-state index in [0.29, 0.717) is 5.02 Å². The Hall–Kier alpha value is -1.43. The zero-order chi connectivity index (χ0) is 24.8. The van der Waals surface area contributed by atoms with Crippen LogP contribution < -0.4 is 21.7 Å². The van der Waals surface area contributed by atoms with Crippen LogP contribution in [0.5, 0.6) is 5.75 Å². The molecule has 2 atom stereocenters. The van der Waals surface area contributed by atoms with Crippen molar-refractivity contribution in [2.45, 2.75) is 12.5 Å². The fourth-order valence-electron chi connectivity index (χ4n) is 1.53. The van der Waals surface area contributed by atoms with Gasteiger partial charge >= 0.3 is 5.97 Å². The van der Waals surface area contributed by atoms with Crippen LogP contribution in [0.3, 0.4) is 0 Å². The van der Waals surface area contributed by atoms with E-state index in [4.69, 9.17) is 48.8 Å². The molecule has 0 aromatic heterocycles. The first kappa shape index (κ1) is 35.2. The van der Waals surface area contributed by atoms with Gasteiger partial charge in [0.05, 0.1) is 38.7 Å². The number of carbonyl (C=O) groups excluding carboxylic acids is 1. The minimum atomic E-state index is -3.10. The first-order chi connectivity index (χ1) is 14.0. The molecule has 0 amide bonds. The molecule has 0 fully saturated rings. The number of carbonyl (C=O) groups is 2. The molecular weight excluding hydrogens is 488 g/mol. The monoisotopic (exact) mass is 521 g/mol. The molecule has 0 aliphatic carbocycles. The van der Waals surface area contributed by atoms with Crippen LogP contribution in [0, 0.1) is 0 Å². The van der Waals surface area contributed by atoms with Crippen LogP contribution >= 0.6 is 30.6 Å². The number of hydrogen-bond acceptors (Lipinski definition) is 8. The molecule has 1 rings (SSSR count). The van der Waals surface area contributed by atoms with Gasteiger partial charge in [-0.3, -0.25) is 9.36 Å². The average Bonchev–Trinajstić information content (AvgIpc) is 2.58. The SMILES string of the molecule is CP(=O)(O)CCC(N)C(=O)O.C[N+](C)(C)CCO.N.O=C([O-])COc1ccc(Cl)cc1Cl. The Kier molecular flexibility index (Phi) is 18.8. The van der Waals surface area contributed by atoms with Crippen LogP contribution in [-0.2, 0) is 14.2 Å². The largest absolute Gasteiger partial charge is 0.546 e. The number of rotatable bonds is 9. The highest BCUT2D eigenvalue weighted by molar-refractivity contribution is 7.57. The summed E-state index contributed by atoms with van der Waals surface area (Å²) in [5.74, 6) is -2.17. The zero-order valence-electron chi connectivity index (χ0n) is 18.7. The van der Waals surface area contributed by atoms with Gasteiger partial charge in [0.1, 0.15) is 24.9 Å². The Balaban J connectivity index is -0.000000406. The van der Waals surface area contributed by atoms with E-state index in [0.717, 1.165) is 11.0 Å². The first-order valence-electron chi connectivity index (χ1n) is 8.95. The van der Waals surface area contributed by atoms with E-state index in [1.807, 2.05) is 0 Å². The number of halogens is 2. The molecule has 1 aromatic carbocycles. The predicted molar refractivity (Wildman–Crippen MR) is 123 cm³/mol. The molecule has 0 spiro atoms. The number of nitrogens with zero attached hydrogens (tertiary/aromatic N) is 1. The van der Waals surface area contributed by atoms with Crippen molar-refractivity contribution in [3.8, 4) is 5.75 Å². The van der Waals surface area contributed by atoms with E-state index in [2.05, 4.69) is 21.1 Å². The number of nitrogens with two attached hydrogens (primary N) is 1. The Labute approximate surface area is 198 Å². The van der Waals surface area contributed by atoms with Crippen molar-refractivity contribution in [1.82, 2.24) is 6.15 Å². The van der Waals surface area contributed by atoms with Gasteiger partial charge in [-0.2, -0.15) is 0 Å². The van der Waals surface area contributed by atoms with Crippen molar-refractivity contribution >= 4 is 42.5 Å². The normalized spacial score (nSPS) is 13.0. The molecule has 0 radical (unpaired) electrons. The molecule has 11 nitrogen and oxygen atoms in total. The summed E-state index contributed by atoms with van der Waals surface area (Å²) in [6.07, 6.45) is 0.0000772. The standard InChI is InChI=1S/C8H6Cl2O3.C5H12NO4P.C5H14NO.H3N/c9-5-1-2-7(6(10)3-5)13-4-8(11)12;1-11(9,10)3-2-4(6)5(7)8;1-6(2,3)4-5-7;/h1-3H,4H2,(H,11,12);4H,2-3,6H2,1H3,(H,7,8)(H,9,10);7H,4-5H2,1-3H3;1H3/q;;+1;/p-1. The zero-order valence-corrected chi connectivity index (χ0v) is 21.1. The van der Waals surface area contributed by atoms with Crippen LogP contribution in [-0.4, -0.2) is 91.3 Å². The number of ether oxygens (including phenoxy) is 1. The molecular formula is C18H34Cl2N3O8P. The molecule has 0 saturated heterocycles. The lowest BCUT2D eigenvalue weighted by Crippen LogP contribution is -2.36. The number of carboxylic acids is 2. The highest BCUT2D eigenvalue weighted by Gasteiger charge is 2.16. The van der Waals surface area contributed by atoms with Gasteiger partial charge in [0.2, 0.25) is 0 Å². The third kappa shape index (κ3) is 23.2. The molecule has 2 unspecified atom stereocenters. The lowest BCUT2D eigenvalue weighted by Gasteiger charge is -2.21. The topological polar surface area (TPSA) is 205 Å². The summed E-state index contributed by atoms with van der Waals surface area (Å²) in [4.78, 5) is 28.9. The maximum absolute atomic E-state index is 10.6. The number of hydrogen-bond donors (Lipinski definition) is 5. The fourth-order valence-corrected chi connectivity index (χ4v) is 2.75. The Morgan fingerprint density at radius 1 is 1.28 bits per heavy atom. The van der Waals surface area contributed by atoms with Crippen LogP contribution in [0.4, 0.5) is 0 Å². The third-order valence-corrected chi connectivity index (χ3v) is 4.80. The Morgan fingerprint density at radius 3 is 2.12 bits per heavy atom. The molecule has 0 aliphatic rings. The maximum Gasteiger partial charge on any atom is 0.320 e. The number of benzene rings is 1. The molecule has 0 saturated carbocycles. The van der Waals surface area contributed by atoms with Gasteiger partial charge in [0.25, 0.3) is 0 Å². The minimum absolute atomic E-state index is 0. The van der Waals surface area contributed by atoms with Crippen molar-refractivity contribution in [2.24, 2.45) is 5.73 Å². The van der Waals surface area contributed by atoms with Gasteiger partial charge in [-0.05, 0) is 24.6 Å². The summed E-state index contributed by atoms with van der Waals surface area (Å²) >= 11 is 11.3.